The van der Waals surface area contributed by atoms with E-state index in [1.807, 2.05) is 12.1 Å². The maximum Gasteiger partial charge on any atom is 0.0999 e. The van der Waals surface area contributed by atoms with Gasteiger partial charge in [0.25, 0.3) is 0 Å². The summed E-state index contributed by atoms with van der Waals surface area (Å²) in [6.07, 6.45) is 0. The van der Waals surface area contributed by atoms with Gasteiger partial charge in [-0.3, -0.25) is 4.90 Å². The fraction of sp³-hybridized carbons (Fsp3) is 0.478. The van der Waals surface area contributed by atoms with E-state index in [2.05, 4.69) is 62.1 Å². The molecule has 0 aliphatic carbocycles. The van der Waals surface area contributed by atoms with E-state index in [0.717, 1.165) is 44.0 Å². The van der Waals surface area contributed by atoms with E-state index >= 15 is 0 Å². The third-order valence-electron chi connectivity index (χ3n) is 5.74. The lowest BCUT2D eigenvalue weighted by Crippen LogP contribution is -2.47. The number of aliphatic hydroxyl groups is 1. The number of hydrogen-bond acceptors (Lipinski definition) is 3. The number of hydrogen-bond donors (Lipinski definition) is 1. The molecule has 1 fully saturated rings. The first-order valence-electron chi connectivity index (χ1n) is 9.76. The molecule has 1 aliphatic heterocycles. The molecule has 1 saturated heterocycles. The van der Waals surface area contributed by atoms with E-state index in [0.29, 0.717) is 5.02 Å². The van der Waals surface area contributed by atoms with Gasteiger partial charge >= 0.3 is 0 Å². The van der Waals surface area contributed by atoms with Crippen molar-refractivity contribution in [3.05, 3.63) is 70.2 Å². The molecule has 146 valence electrons. The van der Waals surface area contributed by atoms with E-state index in [4.69, 9.17) is 16.3 Å². The molecule has 0 bridgehead atoms. The number of morpholine rings is 1. The van der Waals surface area contributed by atoms with E-state index in [-0.39, 0.29) is 11.8 Å². The standard InChI is InChI=1S/C23H30ClNO2/c1-17(2)23(26,20-8-4-18(3)5-9-20)22(16-25-12-14-27-15-13-25)19-6-10-21(24)11-7-19/h4-11,17,22,26H,12-16H2,1-3H3/t22-,23+/m1/s1. The summed E-state index contributed by atoms with van der Waals surface area (Å²) in [5.41, 5.74) is 2.31. The molecular formula is C23H30ClNO2. The molecule has 1 N–H and O–H groups in total. The second kappa shape index (κ2) is 8.74. The van der Waals surface area contributed by atoms with Crippen molar-refractivity contribution in [1.82, 2.24) is 4.90 Å². The van der Waals surface area contributed by atoms with Gasteiger partial charge in [-0.25, -0.2) is 0 Å². The molecule has 27 heavy (non-hydrogen) atoms. The van der Waals surface area contributed by atoms with Gasteiger partial charge < -0.3 is 9.84 Å². The van der Waals surface area contributed by atoms with Gasteiger partial charge in [-0.05, 0) is 36.1 Å². The first-order chi connectivity index (χ1) is 12.9. The van der Waals surface area contributed by atoms with Crippen LogP contribution in [0.25, 0.3) is 0 Å². The van der Waals surface area contributed by atoms with Gasteiger partial charge in [0.15, 0.2) is 0 Å². The van der Waals surface area contributed by atoms with Crippen LogP contribution in [0.3, 0.4) is 0 Å². The Kier molecular flexibility index (Phi) is 6.59. The second-order valence-electron chi connectivity index (χ2n) is 7.86. The fourth-order valence-electron chi connectivity index (χ4n) is 3.99. The number of halogens is 1. The molecule has 0 radical (unpaired) electrons. The van der Waals surface area contributed by atoms with Crippen molar-refractivity contribution < 1.29 is 9.84 Å². The van der Waals surface area contributed by atoms with Gasteiger partial charge in [0, 0.05) is 30.6 Å². The monoisotopic (exact) mass is 387 g/mol. The quantitative estimate of drug-likeness (QED) is 0.785. The summed E-state index contributed by atoms with van der Waals surface area (Å²) >= 11 is 6.13. The fourth-order valence-corrected chi connectivity index (χ4v) is 4.12. The lowest BCUT2D eigenvalue weighted by Gasteiger charge is -2.43. The highest BCUT2D eigenvalue weighted by atomic mass is 35.5. The van der Waals surface area contributed by atoms with Crippen LogP contribution in [-0.2, 0) is 10.3 Å². The van der Waals surface area contributed by atoms with Crippen LogP contribution >= 0.6 is 11.6 Å². The molecule has 2 atom stereocenters. The van der Waals surface area contributed by atoms with Crippen LogP contribution in [0.15, 0.2) is 48.5 Å². The van der Waals surface area contributed by atoms with Crippen LogP contribution in [-0.4, -0.2) is 42.9 Å². The van der Waals surface area contributed by atoms with Crippen molar-refractivity contribution in [1.29, 1.82) is 0 Å². The molecule has 0 amide bonds. The normalized spacial score (nSPS) is 19.0. The number of benzene rings is 2. The molecule has 1 aliphatic rings. The number of rotatable bonds is 6. The Labute approximate surface area is 167 Å². The SMILES string of the molecule is Cc1ccc([C@@](O)(C(C)C)[C@H](CN2CCOCC2)c2ccc(Cl)cc2)cc1. The summed E-state index contributed by atoms with van der Waals surface area (Å²) in [4.78, 5) is 2.39. The third-order valence-corrected chi connectivity index (χ3v) is 5.99. The van der Waals surface area contributed by atoms with Crippen molar-refractivity contribution in [3.8, 4) is 0 Å². The Bertz CT molecular complexity index is 723. The van der Waals surface area contributed by atoms with Gasteiger partial charge in [-0.15, -0.1) is 0 Å². The van der Waals surface area contributed by atoms with Gasteiger partial charge in [-0.1, -0.05) is 67.4 Å². The van der Waals surface area contributed by atoms with Gasteiger partial charge in [0.05, 0.1) is 18.8 Å². The molecule has 1 heterocycles. The molecule has 0 unspecified atom stereocenters. The summed E-state index contributed by atoms with van der Waals surface area (Å²) in [6.45, 7) is 10.3. The Balaban J connectivity index is 2.03. The van der Waals surface area contributed by atoms with Crippen molar-refractivity contribution in [2.75, 3.05) is 32.8 Å². The molecule has 2 aromatic rings. The number of ether oxygens (including phenoxy) is 1. The minimum atomic E-state index is -0.972. The van der Waals surface area contributed by atoms with E-state index < -0.39 is 5.60 Å². The average molecular weight is 388 g/mol. The maximum atomic E-state index is 12.1. The Morgan fingerprint density at radius 1 is 1.04 bits per heavy atom. The van der Waals surface area contributed by atoms with Crippen LogP contribution < -0.4 is 0 Å². The Morgan fingerprint density at radius 2 is 1.63 bits per heavy atom. The zero-order valence-electron chi connectivity index (χ0n) is 16.5. The first-order valence-corrected chi connectivity index (χ1v) is 10.1. The third kappa shape index (κ3) is 4.55. The minimum absolute atomic E-state index is 0.0573. The smallest absolute Gasteiger partial charge is 0.0999 e. The summed E-state index contributed by atoms with van der Waals surface area (Å²) in [7, 11) is 0. The van der Waals surface area contributed by atoms with Crippen LogP contribution in [0.4, 0.5) is 0 Å². The Hall–Kier alpha value is -1.39. The summed E-state index contributed by atoms with van der Waals surface area (Å²) in [6, 6.07) is 16.2. The van der Waals surface area contributed by atoms with E-state index in [1.165, 1.54) is 5.56 Å². The molecule has 4 heteroatoms. The molecule has 3 nitrogen and oxygen atoms in total. The zero-order chi connectivity index (χ0) is 19.4. The molecule has 0 aromatic heterocycles. The molecule has 2 aromatic carbocycles. The van der Waals surface area contributed by atoms with Crippen molar-refractivity contribution in [2.24, 2.45) is 5.92 Å². The van der Waals surface area contributed by atoms with Gasteiger partial charge in [0.1, 0.15) is 0 Å². The highest BCUT2D eigenvalue weighted by Crippen LogP contribution is 2.43. The van der Waals surface area contributed by atoms with Crippen molar-refractivity contribution >= 4 is 11.6 Å². The van der Waals surface area contributed by atoms with Gasteiger partial charge in [-0.2, -0.15) is 0 Å². The molecule has 3 rings (SSSR count). The van der Waals surface area contributed by atoms with E-state index in [1.54, 1.807) is 0 Å². The Morgan fingerprint density at radius 3 is 2.19 bits per heavy atom. The zero-order valence-corrected chi connectivity index (χ0v) is 17.2. The number of aryl methyl sites for hydroxylation is 1. The van der Waals surface area contributed by atoms with Crippen LogP contribution in [0.2, 0.25) is 5.02 Å². The van der Waals surface area contributed by atoms with Crippen LogP contribution in [0.1, 0.15) is 36.5 Å². The highest BCUT2D eigenvalue weighted by molar-refractivity contribution is 6.30. The molecular weight excluding hydrogens is 358 g/mol. The lowest BCUT2D eigenvalue weighted by atomic mass is 9.70. The topological polar surface area (TPSA) is 32.7 Å². The minimum Gasteiger partial charge on any atom is -0.384 e. The van der Waals surface area contributed by atoms with E-state index in [9.17, 15) is 5.11 Å². The van der Waals surface area contributed by atoms with Crippen molar-refractivity contribution in [3.63, 3.8) is 0 Å². The largest absolute Gasteiger partial charge is 0.384 e. The summed E-state index contributed by atoms with van der Waals surface area (Å²) in [5, 5.41) is 12.8. The maximum absolute atomic E-state index is 12.1. The predicted molar refractivity (Wildman–Crippen MR) is 111 cm³/mol. The predicted octanol–water partition coefficient (Wildman–Crippen LogP) is 4.61. The van der Waals surface area contributed by atoms with Crippen LogP contribution in [0, 0.1) is 12.8 Å². The lowest BCUT2D eigenvalue weighted by molar-refractivity contribution is -0.0547. The molecule has 0 saturated carbocycles. The highest BCUT2D eigenvalue weighted by Gasteiger charge is 2.43. The van der Waals surface area contributed by atoms with Crippen molar-refractivity contribution in [2.45, 2.75) is 32.3 Å². The van der Waals surface area contributed by atoms with Crippen LogP contribution in [0.5, 0.6) is 0 Å². The average Bonchev–Trinajstić information content (AvgIpc) is 2.67. The summed E-state index contributed by atoms with van der Waals surface area (Å²) < 4.78 is 5.51. The first kappa shape index (κ1) is 20.3. The van der Waals surface area contributed by atoms with Gasteiger partial charge in [0.2, 0.25) is 0 Å². The number of nitrogens with zero attached hydrogens (tertiary/aromatic N) is 1. The second-order valence-corrected chi connectivity index (χ2v) is 8.30. The molecule has 0 spiro atoms. The summed E-state index contributed by atoms with van der Waals surface area (Å²) in [5.74, 6) is -0.00232.